The average Bonchev–Trinajstić information content (AvgIpc) is 2.19. The van der Waals surface area contributed by atoms with Crippen molar-refractivity contribution in [2.24, 2.45) is 0 Å². The summed E-state index contributed by atoms with van der Waals surface area (Å²) in [6.07, 6.45) is 0.436. The molecule has 0 saturated heterocycles. The van der Waals surface area contributed by atoms with Crippen LogP contribution in [0.25, 0.3) is 0 Å². The summed E-state index contributed by atoms with van der Waals surface area (Å²) in [6.45, 7) is 0.0808. The monoisotopic (exact) mass is 202 g/mol. The van der Waals surface area contributed by atoms with Crippen LogP contribution in [0.3, 0.4) is 0 Å². The molecular weight excluding hydrogens is 191 g/mol. The van der Waals surface area contributed by atoms with Crippen LogP contribution in [0.15, 0.2) is 24.3 Å². The fraction of sp³-hybridized carbons (Fsp3) is 0.400. The van der Waals surface area contributed by atoms with Gasteiger partial charge in [-0.15, -0.1) is 11.6 Å². The fourth-order valence-corrected chi connectivity index (χ4v) is 1.13. The molecule has 0 spiro atoms. The van der Waals surface area contributed by atoms with Crippen molar-refractivity contribution in [2.75, 3.05) is 13.3 Å². The van der Waals surface area contributed by atoms with Crippen molar-refractivity contribution in [3.63, 3.8) is 0 Å². The third kappa shape index (κ3) is 3.64. The minimum absolute atomic E-state index is 0.338. The van der Waals surface area contributed by atoms with Gasteiger partial charge in [0.1, 0.15) is 5.75 Å². The Morgan fingerprint density at radius 3 is 2.92 bits per heavy atom. The molecule has 1 rings (SSSR count). The quantitative estimate of drug-likeness (QED) is 0.527. The largest absolute Gasteiger partial charge is 0.493 e. The number of hydrogen-bond acceptors (Lipinski definition) is 1. The first kappa shape index (κ1) is 10.3. The number of alkyl halides is 2. The maximum atomic E-state index is 11.7. The molecule has 0 bridgehead atoms. The molecule has 1 aromatic carbocycles. The molecule has 72 valence electrons. The van der Waals surface area contributed by atoms with Crippen LogP contribution in [0.5, 0.6) is 5.75 Å². The van der Waals surface area contributed by atoms with Crippen molar-refractivity contribution in [1.82, 2.24) is 0 Å². The molecular formula is C10H12ClFO. The number of halogens is 2. The minimum Gasteiger partial charge on any atom is -0.493 e. The molecule has 13 heavy (non-hydrogen) atoms. The third-order valence-corrected chi connectivity index (χ3v) is 1.91. The van der Waals surface area contributed by atoms with E-state index in [2.05, 4.69) is 0 Å². The normalized spacial score (nSPS) is 10.0. The second-order valence-electron chi connectivity index (χ2n) is 2.67. The molecule has 0 saturated carbocycles. The predicted octanol–water partition coefficient (Wildman–Crippen LogP) is 3.16. The number of ether oxygens (including phenoxy) is 1. The zero-order valence-corrected chi connectivity index (χ0v) is 8.06. The standard InChI is InChI=1S/C10H12ClFO/c11-8-9-3-1-4-10(7-9)13-6-2-5-12/h1,3-4,7H,2,5-6,8H2. The van der Waals surface area contributed by atoms with Gasteiger partial charge in [0, 0.05) is 12.3 Å². The van der Waals surface area contributed by atoms with Crippen molar-refractivity contribution in [3.05, 3.63) is 29.8 Å². The van der Waals surface area contributed by atoms with Crippen LogP contribution >= 0.6 is 11.6 Å². The molecule has 0 unspecified atom stereocenters. The Morgan fingerprint density at radius 1 is 1.38 bits per heavy atom. The maximum Gasteiger partial charge on any atom is 0.119 e. The molecule has 0 aliphatic heterocycles. The van der Waals surface area contributed by atoms with E-state index < -0.39 is 0 Å². The van der Waals surface area contributed by atoms with Crippen molar-refractivity contribution in [1.29, 1.82) is 0 Å². The van der Waals surface area contributed by atoms with E-state index in [1.165, 1.54) is 0 Å². The van der Waals surface area contributed by atoms with Gasteiger partial charge in [0.25, 0.3) is 0 Å². The molecule has 0 aliphatic rings. The molecule has 1 nitrogen and oxygen atoms in total. The minimum atomic E-state index is -0.338. The Bertz CT molecular complexity index is 252. The molecule has 0 aliphatic carbocycles. The van der Waals surface area contributed by atoms with Gasteiger partial charge >= 0.3 is 0 Å². The van der Waals surface area contributed by atoms with Gasteiger partial charge in [-0.25, -0.2) is 0 Å². The molecule has 0 atom stereocenters. The molecule has 0 amide bonds. The Hall–Kier alpha value is -0.760. The van der Waals surface area contributed by atoms with E-state index in [1.54, 1.807) is 0 Å². The van der Waals surface area contributed by atoms with Gasteiger partial charge < -0.3 is 4.74 Å². The van der Waals surface area contributed by atoms with Gasteiger partial charge in [0.05, 0.1) is 13.3 Å². The molecule has 0 radical (unpaired) electrons. The lowest BCUT2D eigenvalue weighted by Crippen LogP contribution is -1.98. The van der Waals surface area contributed by atoms with E-state index >= 15 is 0 Å². The lowest BCUT2D eigenvalue weighted by molar-refractivity contribution is 0.289. The molecule has 0 heterocycles. The zero-order chi connectivity index (χ0) is 9.52. The Kier molecular flexibility index (Phi) is 4.61. The van der Waals surface area contributed by atoms with Gasteiger partial charge in [-0.3, -0.25) is 4.39 Å². The van der Waals surface area contributed by atoms with Crippen LogP contribution < -0.4 is 4.74 Å². The van der Waals surface area contributed by atoms with Crippen LogP contribution in [0.4, 0.5) is 4.39 Å². The highest BCUT2D eigenvalue weighted by molar-refractivity contribution is 6.17. The fourth-order valence-electron chi connectivity index (χ4n) is 0.963. The second-order valence-corrected chi connectivity index (χ2v) is 2.94. The van der Waals surface area contributed by atoms with Crippen LogP contribution in [0, 0.1) is 0 Å². The first-order valence-electron chi connectivity index (χ1n) is 4.20. The van der Waals surface area contributed by atoms with Crippen molar-refractivity contribution < 1.29 is 9.13 Å². The number of hydrogen-bond donors (Lipinski definition) is 0. The van der Waals surface area contributed by atoms with Crippen molar-refractivity contribution in [3.8, 4) is 5.75 Å². The SMILES string of the molecule is FCCCOc1cccc(CCl)c1. The summed E-state index contributed by atoms with van der Waals surface area (Å²) in [5.41, 5.74) is 1.01. The summed E-state index contributed by atoms with van der Waals surface area (Å²) >= 11 is 5.64. The van der Waals surface area contributed by atoms with Gasteiger partial charge in [-0.05, 0) is 17.7 Å². The van der Waals surface area contributed by atoms with E-state index in [0.29, 0.717) is 18.9 Å². The second kappa shape index (κ2) is 5.81. The molecule has 0 fully saturated rings. The lowest BCUT2D eigenvalue weighted by Gasteiger charge is -2.05. The first-order chi connectivity index (χ1) is 6.36. The van der Waals surface area contributed by atoms with Gasteiger partial charge in [-0.1, -0.05) is 12.1 Å². The summed E-state index contributed by atoms with van der Waals surface area (Å²) in [5, 5.41) is 0. The highest BCUT2D eigenvalue weighted by Crippen LogP contribution is 2.14. The molecule has 3 heteroatoms. The summed E-state index contributed by atoms with van der Waals surface area (Å²) in [5.74, 6) is 1.23. The summed E-state index contributed by atoms with van der Waals surface area (Å²) in [7, 11) is 0. The Labute approximate surface area is 82.5 Å². The van der Waals surface area contributed by atoms with Crippen molar-refractivity contribution in [2.45, 2.75) is 12.3 Å². The smallest absolute Gasteiger partial charge is 0.119 e. The van der Waals surface area contributed by atoms with Crippen LogP contribution in [-0.2, 0) is 5.88 Å². The topological polar surface area (TPSA) is 9.23 Å². The van der Waals surface area contributed by atoms with Gasteiger partial charge in [0.2, 0.25) is 0 Å². The van der Waals surface area contributed by atoms with Crippen LogP contribution in [0.2, 0.25) is 0 Å². The van der Waals surface area contributed by atoms with Gasteiger partial charge in [-0.2, -0.15) is 0 Å². The zero-order valence-electron chi connectivity index (χ0n) is 7.30. The summed E-state index contributed by atoms with van der Waals surface area (Å²) < 4.78 is 17.0. The van der Waals surface area contributed by atoms with E-state index in [1.807, 2.05) is 24.3 Å². The highest BCUT2D eigenvalue weighted by atomic mass is 35.5. The predicted molar refractivity (Wildman–Crippen MR) is 52.1 cm³/mol. The van der Waals surface area contributed by atoms with E-state index in [0.717, 1.165) is 11.3 Å². The number of rotatable bonds is 5. The Morgan fingerprint density at radius 2 is 2.23 bits per heavy atom. The first-order valence-corrected chi connectivity index (χ1v) is 4.74. The van der Waals surface area contributed by atoms with E-state index in [-0.39, 0.29) is 6.67 Å². The van der Waals surface area contributed by atoms with Gasteiger partial charge in [0.15, 0.2) is 0 Å². The summed E-state index contributed by atoms with van der Waals surface area (Å²) in [6, 6.07) is 7.51. The lowest BCUT2D eigenvalue weighted by atomic mass is 10.2. The highest BCUT2D eigenvalue weighted by Gasteiger charge is 1.95. The van der Waals surface area contributed by atoms with Crippen LogP contribution in [0.1, 0.15) is 12.0 Å². The molecule has 0 aromatic heterocycles. The average molecular weight is 203 g/mol. The maximum absolute atomic E-state index is 11.7. The third-order valence-electron chi connectivity index (χ3n) is 1.60. The van der Waals surface area contributed by atoms with E-state index in [4.69, 9.17) is 16.3 Å². The van der Waals surface area contributed by atoms with Crippen LogP contribution in [-0.4, -0.2) is 13.3 Å². The molecule has 1 aromatic rings. The van der Waals surface area contributed by atoms with E-state index in [9.17, 15) is 4.39 Å². The van der Waals surface area contributed by atoms with Crippen molar-refractivity contribution >= 4 is 11.6 Å². The number of benzene rings is 1. The Balaban J connectivity index is 2.46. The molecule has 0 N–H and O–H groups in total. The summed E-state index contributed by atoms with van der Waals surface area (Å²) in [4.78, 5) is 0.